The first-order chi connectivity index (χ1) is 14.4. The quantitative estimate of drug-likeness (QED) is 0.259. The number of benzene rings is 2. The van der Waals surface area contributed by atoms with E-state index in [1.54, 1.807) is 29.7 Å². The highest BCUT2D eigenvalue weighted by Gasteiger charge is 2.25. The van der Waals surface area contributed by atoms with Crippen molar-refractivity contribution in [2.45, 2.75) is 18.9 Å². The monoisotopic (exact) mass is 417 g/mol. The van der Waals surface area contributed by atoms with Gasteiger partial charge in [-0.25, -0.2) is 5.48 Å². The fourth-order valence-electron chi connectivity index (χ4n) is 2.98. The maximum atomic E-state index is 12.4. The Morgan fingerprint density at radius 3 is 2.47 bits per heavy atom. The molecule has 0 spiro atoms. The number of hydrogen-bond donors (Lipinski definition) is 4. The zero-order valence-electron chi connectivity index (χ0n) is 16.3. The molecular formula is C20H23N3O7. The first-order valence-corrected chi connectivity index (χ1v) is 9.11. The fraction of sp³-hybridized carbons (Fsp3) is 0.300. The summed E-state index contributed by atoms with van der Waals surface area (Å²) in [6.45, 7) is -0.438. The number of carbonyl (C=O) groups is 2. The summed E-state index contributed by atoms with van der Waals surface area (Å²) in [6.07, 6.45) is 0.298. The molecule has 2 rings (SSSR count). The molecule has 2 atom stereocenters. The Bertz CT molecular complexity index is 886. The molecule has 0 aliphatic heterocycles. The van der Waals surface area contributed by atoms with E-state index in [4.69, 9.17) is 9.94 Å². The Balaban J connectivity index is 2.09. The van der Waals surface area contributed by atoms with Gasteiger partial charge in [0, 0.05) is 23.6 Å². The summed E-state index contributed by atoms with van der Waals surface area (Å²) in [6, 6.07) is 11.3. The highest BCUT2D eigenvalue weighted by atomic mass is 16.6. The van der Waals surface area contributed by atoms with E-state index in [-0.39, 0.29) is 24.1 Å². The summed E-state index contributed by atoms with van der Waals surface area (Å²) in [5.41, 5.74) is 2.42. The van der Waals surface area contributed by atoms with Gasteiger partial charge in [-0.1, -0.05) is 12.1 Å². The standard InChI is InChI=1S/C20H23N3O7/c1-30-18-4-2-3-13(10-18)9-15(20(26)22-27)11-16(12-24)21-19(25)14-5-7-17(8-6-14)23(28)29/h2-8,10,15-16,24,27H,9,11-12H2,1H3,(H,21,25)(H,22,26)/t15-,16-/m0/s1. The van der Waals surface area contributed by atoms with Crippen molar-refractivity contribution < 1.29 is 29.6 Å². The maximum absolute atomic E-state index is 12.4. The summed E-state index contributed by atoms with van der Waals surface area (Å²) in [4.78, 5) is 34.7. The van der Waals surface area contributed by atoms with Crippen LogP contribution in [-0.2, 0) is 11.2 Å². The van der Waals surface area contributed by atoms with E-state index in [1.807, 2.05) is 0 Å². The average molecular weight is 417 g/mol. The molecular weight excluding hydrogens is 394 g/mol. The number of rotatable bonds is 10. The molecule has 0 aliphatic rings. The number of nitrogens with zero attached hydrogens (tertiary/aromatic N) is 1. The van der Waals surface area contributed by atoms with E-state index in [2.05, 4.69) is 5.32 Å². The van der Waals surface area contributed by atoms with Crippen LogP contribution >= 0.6 is 0 Å². The lowest BCUT2D eigenvalue weighted by atomic mass is 9.92. The number of aliphatic hydroxyl groups excluding tert-OH is 1. The third-order valence-electron chi connectivity index (χ3n) is 4.56. The highest BCUT2D eigenvalue weighted by molar-refractivity contribution is 5.94. The van der Waals surface area contributed by atoms with Crippen molar-refractivity contribution >= 4 is 17.5 Å². The van der Waals surface area contributed by atoms with Gasteiger partial charge >= 0.3 is 0 Å². The second-order valence-electron chi connectivity index (χ2n) is 6.62. The normalized spacial score (nSPS) is 12.5. The Morgan fingerprint density at radius 1 is 1.20 bits per heavy atom. The number of nitro benzene ring substituents is 1. The van der Waals surface area contributed by atoms with Crippen LogP contribution in [0.15, 0.2) is 48.5 Å². The van der Waals surface area contributed by atoms with Crippen LogP contribution in [0.25, 0.3) is 0 Å². The van der Waals surface area contributed by atoms with Crippen LogP contribution in [-0.4, -0.2) is 46.8 Å². The number of hydroxylamine groups is 1. The van der Waals surface area contributed by atoms with Crippen molar-refractivity contribution in [2.24, 2.45) is 5.92 Å². The first kappa shape index (κ1) is 22.8. The maximum Gasteiger partial charge on any atom is 0.269 e. The minimum absolute atomic E-state index is 0.0544. The largest absolute Gasteiger partial charge is 0.497 e. The molecule has 0 heterocycles. The topological polar surface area (TPSA) is 151 Å². The highest BCUT2D eigenvalue weighted by Crippen LogP contribution is 2.20. The molecule has 160 valence electrons. The zero-order chi connectivity index (χ0) is 22.1. The lowest BCUT2D eigenvalue weighted by Crippen LogP contribution is -2.42. The van der Waals surface area contributed by atoms with Crippen LogP contribution in [0.5, 0.6) is 5.75 Å². The van der Waals surface area contributed by atoms with Crippen molar-refractivity contribution in [2.75, 3.05) is 13.7 Å². The van der Waals surface area contributed by atoms with Gasteiger partial charge in [0.25, 0.3) is 11.6 Å². The van der Waals surface area contributed by atoms with Crippen LogP contribution in [0.2, 0.25) is 0 Å². The minimum atomic E-state index is -0.777. The molecule has 4 N–H and O–H groups in total. The molecule has 0 radical (unpaired) electrons. The van der Waals surface area contributed by atoms with Crippen LogP contribution in [0.3, 0.4) is 0 Å². The van der Waals surface area contributed by atoms with E-state index in [0.29, 0.717) is 5.75 Å². The van der Waals surface area contributed by atoms with E-state index in [9.17, 15) is 24.8 Å². The second-order valence-corrected chi connectivity index (χ2v) is 6.62. The fourth-order valence-corrected chi connectivity index (χ4v) is 2.98. The smallest absolute Gasteiger partial charge is 0.269 e. The van der Waals surface area contributed by atoms with Gasteiger partial charge in [0.15, 0.2) is 0 Å². The Morgan fingerprint density at radius 2 is 1.90 bits per heavy atom. The molecule has 0 aliphatic carbocycles. The molecule has 30 heavy (non-hydrogen) atoms. The average Bonchev–Trinajstić information content (AvgIpc) is 2.77. The molecule has 10 nitrogen and oxygen atoms in total. The number of hydrogen-bond acceptors (Lipinski definition) is 7. The predicted octanol–water partition coefficient (Wildman–Crippen LogP) is 1.45. The van der Waals surface area contributed by atoms with Gasteiger partial charge in [-0.15, -0.1) is 0 Å². The summed E-state index contributed by atoms with van der Waals surface area (Å²) in [7, 11) is 1.52. The Kier molecular flexibility index (Phi) is 8.27. The summed E-state index contributed by atoms with van der Waals surface area (Å²) < 4.78 is 5.16. The number of nitrogens with one attached hydrogen (secondary N) is 2. The van der Waals surface area contributed by atoms with E-state index in [0.717, 1.165) is 5.56 Å². The van der Waals surface area contributed by atoms with Crippen LogP contribution < -0.4 is 15.5 Å². The van der Waals surface area contributed by atoms with Gasteiger partial charge in [0.05, 0.1) is 24.7 Å². The number of aliphatic hydroxyl groups is 1. The number of amides is 2. The molecule has 10 heteroatoms. The number of nitro groups is 1. The first-order valence-electron chi connectivity index (χ1n) is 9.11. The van der Waals surface area contributed by atoms with Crippen molar-refractivity contribution in [3.05, 3.63) is 69.8 Å². The Labute approximate surface area is 172 Å². The zero-order valence-corrected chi connectivity index (χ0v) is 16.3. The number of methoxy groups -OCH3 is 1. The number of carbonyl (C=O) groups excluding carboxylic acids is 2. The third-order valence-corrected chi connectivity index (χ3v) is 4.56. The van der Waals surface area contributed by atoms with Crippen molar-refractivity contribution in [1.82, 2.24) is 10.8 Å². The molecule has 0 saturated carbocycles. The summed E-state index contributed by atoms with van der Waals surface area (Å²) in [5.74, 6) is -1.33. The SMILES string of the molecule is COc1cccc(C[C@@H](C[C@@H](CO)NC(=O)c2ccc([N+](=O)[O-])cc2)C(=O)NO)c1. The van der Waals surface area contributed by atoms with E-state index >= 15 is 0 Å². The molecule has 0 bridgehead atoms. The van der Waals surface area contributed by atoms with E-state index in [1.165, 1.54) is 31.4 Å². The van der Waals surface area contributed by atoms with Crippen LogP contribution in [0, 0.1) is 16.0 Å². The molecule has 2 amide bonds. The summed E-state index contributed by atoms with van der Waals surface area (Å²) in [5, 5.41) is 32.1. The van der Waals surface area contributed by atoms with E-state index < -0.39 is 35.3 Å². The van der Waals surface area contributed by atoms with Gasteiger partial charge < -0.3 is 15.2 Å². The van der Waals surface area contributed by atoms with Crippen LogP contribution in [0.1, 0.15) is 22.3 Å². The van der Waals surface area contributed by atoms with Crippen molar-refractivity contribution in [3.8, 4) is 5.75 Å². The second kappa shape index (κ2) is 10.9. The van der Waals surface area contributed by atoms with Crippen LogP contribution in [0.4, 0.5) is 5.69 Å². The molecule has 0 fully saturated rings. The molecule has 2 aromatic rings. The molecule has 2 aromatic carbocycles. The molecule has 0 unspecified atom stereocenters. The van der Waals surface area contributed by atoms with Gasteiger partial charge in [-0.05, 0) is 42.7 Å². The summed E-state index contributed by atoms with van der Waals surface area (Å²) >= 11 is 0. The lowest BCUT2D eigenvalue weighted by molar-refractivity contribution is -0.384. The van der Waals surface area contributed by atoms with Crippen molar-refractivity contribution in [1.29, 1.82) is 0 Å². The molecule has 0 saturated heterocycles. The van der Waals surface area contributed by atoms with Crippen molar-refractivity contribution in [3.63, 3.8) is 0 Å². The van der Waals surface area contributed by atoms with Gasteiger partial charge in [-0.2, -0.15) is 0 Å². The minimum Gasteiger partial charge on any atom is -0.497 e. The number of non-ortho nitro benzene ring substituents is 1. The number of ether oxygens (including phenoxy) is 1. The Hall–Kier alpha value is -3.50. The lowest BCUT2D eigenvalue weighted by Gasteiger charge is -2.22. The van der Waals surface area contributed by atoms with Gasteiger partial charge in [0.1, 0.15) is 5.75 Å². The van der Waals surface area contributed by atoms with Gasteiger partial charge in [-0.3, -0.25) is 24.9 Å². The molecule has 0 aromatic heterocycles. The third kappa shape index (κ3) is 6.26. The predicted molar refractivity (Wildman–Crippen MR) is 106 cm³/mol. The van der Waals surface area contributed by atoms with Gasteiger partial charge in [0.2, 0.25) is 5.91 Å².